The highest BCUT2D eigenvalue weighted by Gasteiger charge is 2.69. The molecule has 6 atom stereocenters. The lowest BCUT2D eigenvalue weighted by atomic mass is 9.85. The van der Waals surface area contributed by atoms with Crippen molar-refractivity contribution in [3.8, 4) is 0 Å². The van der Waals surface area contributed by atoms with E-state index in [1.165, 1.54) is 0 Å². The van der Waals surface area contributed by atoms with Crippen molar-refractivity contribution in [3.05, 3.63) is 35.4 Å². The van der Waals surface area contributed by atoms with E-state index in [1.807, 2.05) is 52.0 Å². The third-order valence-corrected chi connectivity index (χ3v) is 9.01. The number of carbonyl (C=O) groups is 5. The van der Waals surface area contributed by atoms with E-state index in [2.05, 4.69) is 29.8 Å². The molecule has 1 aromatic rings. The van der Waals surface area contributed by atoms with Gasteiger partial charge in [0.25, 0.3) is 0 Å². The Morgan fingerprint density at radius 3 is 2.33 bits per heavy atom. The number of amides is 5. The molecule has 1 aliphatic carbocycles. The number of aryl methyl sites for hydroxylation is 1. The molecule has 3 fully saturated rings. The van der Waals surface area contributed by atoms with Gasteiger partial charge in [0.2, 0.25) is 29.5 Å². The summed E-state index contributed by atoms with van der Waals surface area (Å²) in [5.41, 5.74) is 6.80. The maximum atomic E-state index is 14.0. The molecule has 5 N–H and O–H groups in total. The lowest BCUT2D eigenvalue weighted by Gasteiger charge is -2.38. The van der Waals surface area contributed by atoms with Crippen LogP contribution >= 0.6 is 0 Å². The topological polar surface area (TPSA) is 151 Å². The molecule has 2 heterocycles. The quantitative estimate of drug-likeness (QED) is 0.360. The zero-order valence-electron chi connectivity index (χ0n) is 24.4. The first kappa shape index (κ1) is 29.6. The molecular formula is C30H43N5O5. The van der Waals surface area contributed by atoms with Crippen molar-refractivity contribution in [2.24, 2.45) is 34.3 Å². The van der Waals surface area contributed by atoms with E-state index in [9.17, 15) is 24.0 Å². The van der Waals surface area contributed by atoms with Gasteiger partial charge in [0.15, 0.2) is 0 Å². The number of fused-ring (bicyclic) bond motifs is 1. The molecule has 10 heteroatoms. The Hall–Kier alpha value is -3.43. The largest absolute Gasteiger partial charge is 0.368 e. The van der Waals surface area contributed by atoms with Crippen LogP contribution in [0.3, 0.4) is 0 Å². The van der Waals surface area contributed by atoms with Gasteiger partial charge < -0.3 is 26.6 Å². The fraction of sp³-hybridized carbons (Fsp3) is 0.633. The second-order valence-electron chi connectivity index (χ2n) is 13.4. The minimum atomic E-state index is -1.02. The Kier molecular flexibility index (Phi) is 8.02. The summed E-state index contributed by atoms with van der Waals surface area (Å²) in [6.45, 7) is 12.7. The van der Waals surface area contributed by atoms with Gasteiger partial charge in [-0.25, -0.2) is 0 Å². The average Bonchev–Trinajstić information content (AvgIpc) is 3.20. The van der Waals surface area contributed by atoms with Gasteiger partial charge in [-0.15, -0.1) is 0 Å². The Morgan fingerprint density at radius 2 is 1.77 bits per heavy atom. The molecule has 2 saturated heterocycles. The van der Waals surface area contributed by atoms with Gasteiger partial charge in [0, 0.05) is 19.0 Å². The van der Waals surface area contributed by atoms with E-state index >= 15 is 0 Å². The first-order chi connectivity index (χ1) is 18.6. The molecule has 5 amide bonds. The summed E-state index contributed by atoms with van der Waals surface area (Å²) >= 11 is 0. The lowest BCUT2D eigenvalue weighted by molar-refractivity contribution is -0.146. The molecule has 0 bridgehead atoms. The molecule has 4 rings (SSSR count). The number of primary amides is 1. The van der Waals surface area contributed by atoms with Crippen LogP contribution in [0.4, 0.5) is 0 Å². The van der Waals surface area contributed by atoms with Crippen LogP contribution in [0.5, 0.6) is 0 Å². The van der Waals surface area contributed by atoms with Crippen LogP contribution in [0.1, 0.15) is 58.6 Å². The van der Waals surface area contributed by atoms with E-state index in [0.29, 0.717) is 19.5 Å². The number of nitrogens with one attached hydrogen (secondary N) is 3. The molecule has 40 heavy (non-hydrogen) atoms. The van der Waals surface area contributed by atoms with Gasteiger partial charge in [0.05, 0.1) is 6.42 Å². The van der Waals surface area contributed by atoms with Gasteiger partial charge >= 0.3 is 0 Å². The standard InChI is InChI=1S/C30H43N5O5/c1-16-7-9-17(10-8-16)13-21(36)34-24(29(2,3)4)28(40)35-15-19-22(30(19,5)6)23(35)27(39)33-20(25(31)37)14-18-11-12-32-26(18)38/h7-10,18-20,22-24H,11-15H2,1-6H3,(H2,31,37)(H,32,38)(H,33,39)(H,34,36)/t18-,19-,20-,22-,23-,24+/m0/s1. The third-order valence-electron chi connectivity index (χ3n) is 9.01. The summed E-state index contributed by atoms with van der Waals surface area (Å²) in [7, 11) is 0. The van der Waals surface area contributed by atoms with Crippen LogP contribution in [-0.4, -0.2) is 65.7 Å². The van der Waals surface area contributed by atoms with Crippen LogP contribution in [-0.2, 0) is 30.4 Å². The van der Waals surface area contributed by atoms with Gasteiger partial charge in [-0.3, -0.25) is 24.0 Å². The normalized spacial score (nSPS) is 26.4. The fourth-order valence-corrected chi connectivity index (χ4v) is 6.39. The number of rotatable bonds is 9. The highest BCUT2D eigenvalue weighted by Crippen LogP contribution is 2.65. The molecule has 0 spiro atoms. The van der Waals surface area contributed by atoms with Crippen LogP contribution in [0.2, 0.25) is 0 Å². The Morgan fingerprint density at radius 1 is 1.12 bits per heavy atom. The van der Waals surface area contributed by atoms with Gasteiger partial charge in [-0.2, -0.15) is 0 Å². The van der Waals surface area contributed by atoms with E-state index < -0.39 is 41.3 Å². The Labute approximate surface area is 236 Å². The van der Waals surface area contributed by atoms with E-state index in [-0.39, 0.29) is 47.8 Å². The van der Waals surface area contributed by atoms with Gasteiger partial charge in [0.1, 0.15) is 18.1 Å². The average molecular weight is 554 g/mol. The van der Waals surface area contributed by atoms with Gasteiger partial charge in [-0.1, -0.05) is 64.4 Å². The molecular weight excluding hydrogens is 510 g/mol. The van der Waals surface area contributed by atoms with Crippen LogP contribution in [0.15, 0.2) is 24.3 Å². The van der Waals surface area contributed by atoms with E-state index in [1.54, 1.807) is 4.90 Å². The zero-order chi connectivity index (χ0) is 29.6. The SMILES string of the molecule is Cc1ccc(CC(=O)N[C@H](C(=O)N2C[C@H]3[C@@H]([C@H]2C(=O)N[C@@H](C[C@@H]2CCNC2=O)C(N)=O)C3(C)C)C(C)(C)C)cc1. The summed E-state index contributed by atoms with van der Waals surface area (Å²) in [6, 6.07) is 4.99. The maximum absolute atomic E-state index is 14.0. The second kappa shape index (κ2) is 10.9. The molecule has 0 radical (unpaired) electrons. The summed E-state index contributed by atoms with van der Waals surface area (Å²) in [6.07, 6.45) is 0.821. The Bertz CT molecular complexity index is 1190. The van der Waals surface area contributed by atoms with E-state index in [0.717, 1.165) is 11.1 Å². The zero-order valence-corrected chi connectivity index (χ0v) is 24.4. The van der Waals surface area contributed by atoms with Crippen molar-refractivity contribution in [3.63, 3.8) is 0 Å². The van der Waals surface area contributed by atoms with Crippen molar-refractivity contribution in [2.75, 3.05) is 13.1 Å². The van der Waals surface area contributed by atoms with Crippen LogP contribution in [0, 0.1) is 35.5 Å². The number of nitrogens with zero attached hydrogens (tertiary/aromatic N) is 1. The summed E-state index contributed by atoms with van der Waals surface area (Å²) in [5, 5.41) is 8.44. The summed E-state index contributed by atoms with van der Waals surface area (Å²) < 4.78 is 0. The van der Waals surface area contributed by atoms with Crippen LogP contribution < -0.4 is 21.7 Å². The first-order valence-electron chi connectivity index (χ1n) is 14.1. The molecule has 218 valence electrons. The molecule has 1 saturated carbocycles. The highest BCUT2D eigenvalue weighted by molar-refractivity contribution is 5.96. The monoisotopic (exact) mass is 553 g/mol. The van der Waals surface area contributed by atoms with Crippen molar-refractivity contribution in [1.82, 2.24) is 20.9 Å². The van der Waals surface area contributed by atoms with Gasteiger partial charge in [-0.05, 0) is 48.0 Å². The van der Waals surface area contributed by atoms with Crippen molar-refractivity contribution in [2.45, 2.75) is 78.9 Å². The number of nitrogens with two attached hydrogens (primary N) is 1. The first-order valence-corrected chi connectivity index (χ1v) is 14.1. The predicted octanol–water partition coefficient (Wildman–Crippen LogP) is 1.05. The molecule has 10 nitrogen and oxygen atoms in total. The minimum Gasteiger partial charge on any atom is -0.368 e. The van der Waals surface area contributed by atoms with E-state index in [4.69, 9.17) is 5.73 Å². The van der Waals surface area contributed by atoms with Crippen LogP contribution in [0.25, 0.3) is 0 Å². The molecule has 1 aromatic carbocycles. The molecule has 3 aliphatic rings. The number of piperidine rings is 1. The second-order valence-corrected chi connectivity index (χ2v) is 13.4. The Balaban J connectivity index is 1.51. The van der Waals surface area contributed by atoms with Crippen molar-refractivity contribution >= 4 is 29.5 Å². The molecule has 0 aromatic heterocycles. The minimum absolute atomic E-state index is 0.0800. The maximum Gasteiger partial charge on any atom is 0.246 e. The fourth-order valence-electron chi connectivity index (χ4n) is 6.39. The summed E-state index contributed by atoms with van der Waals surface area (Å²) in [4.78, 5) is 66.7. The predicted molar refractivity (Wildman–Crippen MR) is 149 cm³/mol. The number of hydrogen-bond acceptors (Lipinski definition) is 5. The summed E-state index contributed by atoms with van der Waals surface area (Å²) in [5.74, 6) is -2.27. The number of benzene rings is 1. The lowest BCUT2D eigenvalue weighted by Crippen LogP contribution is -2.60. The van der Waals surface area contributed by atoms with Crippen molar-refractivity contribution in [1.29, 1.82) is 0 Å². The highest BCUT2D eigenvalue weighted by atomic mass is 16.2. The number of carbonyl (C=O) groups excluding carboxylic acids is 5. The molecule has 0 unspecified atom stereocenters. The number of likely N-dealkylation sites (tertiary alicyclic amines) is 1. The number of hydrogen-bond donors (Lipinski definition) is 4. The third kappa shape index (κ3) is 6.00. The molecule has 2 aliphatic heterocycles. The smallest absolute Gasteiger partial charge is 0.246 e. The van der Waals surface area contributed by atoms with Crippen molar-refractivity contribution < 1.29 is 24.0 Å².